The minimum absolute atomic E-state index is 0.166. The monoisotopic (exact) mass is 426 g/mol. The molecule has 6 heteroatoms. The average Bonchev–Trinajstić information content (AvgIpc) is 2.81. The summed E-state index contributed by atoms with van der Waals surface area (Å²) in [5.41, 5.74) is 1.86. The molecule has 2 aromatic rings. The van der Waals surface area contributed by atoms with E-state index in [-0.39, 0.29) is 24.1 Å². The first kappa shape index (κ1) is 24.5. The maximum Gasteiger partial charge on any atom is 0.306 e. The molecule has 0 radical (unpaired) electrons. The van der Waals surface area contributed by atoms with E-state index in [9.17, 15) is 9.59 Å². The zero-order chi connectivity index (χ0) is 22.3. The molecule has 168 valence electrons. The van der Waals surface area contributed by atoms with E-state index in [2.05, 4.69) is 9.97 Å². The van der Waals surface area contributed by atoms with Crippen molar-refractivity contribution in [1.82, 2.24) is 9.97 Å². The molecule has 0 saturated carbocycles. The summed E-state index contributed by atoms with van der Waals surface area (Å²) in [5.74, 6) is -0.333. The number of ether oxygens (including phenoxy) is 2. The van der Waals surface area contributed by atoms with Crippen LogP contribution in [-0.4, -0.2) is 21.9 Å². The van der Waals surface area contributed by atoms with Gasteiger partial charge in [0.2, 0.25) is 0 Å². The molecule has 2 rings (SSSR count). The zero-order valence-corrected chi connectivity index (χ0v) is 18.7. The number of carbonyl (C=O) groups excluding carboxylic acids is 2. The van der Waals surface area contributed by atoms with Crippen molar-refractivity contribution in [1.29, 1.82) is 0 Å². The van der Waals surface area contributed by atoms with Crippen molar-refractivity contribution >= 4 is 11.9 Å². The summed E-state index contributed by atoms with van der Waals surface area (Å²) < 4.78 is 11.2. The van der Waals surface area contributed by atoms with E-state index in [1.165, 1.54) is 0 Å². The van der Waals surface area contributed by atoms with E-state index in [1.807, 2.05) is 38.1 Å². The van der Waals surface area contributed by atoms with Crippen LogP contribution in [0, 0.1) is 0 Å². The molecule has 0 amide bonds. The van der Waals surface area contributed by atoms with Crippen molar-refractivity contribution in [3.8, 4) is 0 Å². The van der Waals surface area contributed by atoms with Crippen molar-refractivity contribution in [2.24, 2.45) is 0 Å². The summed E-state index contributed by atoms with van der Waals surface area (Å²) in [6, 6.07) is 7.56. The highest BCUT2D eigenvalue weighted by molar-refractivity contribution is 5.70. The summed E-state index contributed by atoms with van der Waals surface area (Å²) in [7, 11) is 0. The third-order valence-electron chi connectivity index (χ3n) is 5.16. The zero-order valence-electron chi connectivity index (χ0n) is 18.7. The fourth-order valence-electron chi connectivity index (χ4n) is 3.41. The molecule has 0 aromatic carbocycles. The van der Waals surface area contributed by atoms with Crippen LogP contribution in [0.3, 0.4) is 0 Å². The summed E-state index contributed by atoms with van der Waals surface area (Å²) in [4.78, 5) is 32.4. The Hall–Kier alpha value is -2.76. The molecule has 2 atom stereocenters. The Labute approximate surface area is 185 Å². The molecule has 0 spiro atoms. The minimum Gasteiger partial charge on any atom is -0.457 e. The van der Waals surface area contributed by atoms with Crippen LogP contribution in [0.25, 0.3) is 0 Å². The third kappa shape index (κ3) is 9.28. The largest absolute Gasteiger partial charge is 0.457 e. The first-order chi connectivity index (χ1) is 15.1. The molecule has 6 nitrogen and oxygen atoms in total. The second kappa shape index (κ2) is 14.3. The number of nitrogens with zero attached hydrogens (tertiary/aromatic N) is 2. The van der Waals surface area contributed by atoms with E-state index in [0.717, 1.165) is 56.1 Å². The van der Waals surface area contributed by atoms with Crippen LogP contribution in [-0.2, 0) is 19.1 Å². The number of hydrogen-bond acceptors (Lipinski definition) is 6. The lowest BCUT2D eigenvalue weighted by Gasteiger charge is -2.16. The second-order valence-electron chi connectivity index (χ2n) is 7.61. The first-order valence-corrected chi connectivity index (χ1v) is 11.3. The Balaban J connectivity index is 1.55. The van der Waals surface area contributed by atoms with Crippen LogP contribution in [0.15, 0.2) is 49.1 Å². The van der Waals surface area contributed by atoms with Crippen molar-refractivity contribution in [3.63, 3.8) is 0 Å². The van der Waals surface area contributed by atoms with Crippen molar-refractivity contribution in [3.05, 3.63) is 60.2 Å². The predicted octanol–water partition coefficient (Wildman–Crippen LogP) is 5.90. The number of pyridine rings is 2. The van der Waals surface area contributed by atoms with E-state index < -0.39 is 0 Å². The highest BCUT2D eigenvalue weighted by Gasteiger charge is 2.16. The Bertz CT molecular complexity index is 702. The normalized spacial score (nSPS) is 12.7. The quantitative estimate of drug-likeness (QED) is 0.277. The molecule has 0 aliphatic rings. The van der Waals surface area contributed by atoms with Gasteiger partial charge in [0.15, 0.2) is 0 Å². The van der Waals surface area contributed by atoms with Gasteiger partial charge in [-0.15, -0.1) is 0 Å². The highest BCUT2D eigenvalue weighted by atomic mass is 16.5. The molecule has 2 heterocycles. The van der Waals surface area contributed by atoms with Gasteiger partial charge in [-0.05, 0) is 37.8 Å². The highest BCUT2D eigenvalue weighted by Crippen LogP contribution is 2.22. The molecule has 0 aliphatic heterocycles. The van der Waals surface area contributed by atoms with E-state index in [4.69, 9.17) is 9.47 Å². The SMILES string of the molecule is CCC(OC(=O)CCCCCCCC(=O)OC(CC)c1cccnc1)c1cccnc1. The summed E-state index contributed by atoms with van der Waals surface area (Å²) >= 11 is 0. The number of rotatable bonds is 14. The molecule has 0 bridgehead atoms. The standard InChI is InChI=1S/C25H34N2O4/c1-3-22(20-12-10-16-26-18-20)30-24(28)14-8-6-5-7-9-15-25(29)31-23(4-2)21-13-11-17-27-19-21/h10-13,16-19,22-23H,3-9,14-15H2,1-2H3. The van der Waals surface area contributed by atoms with Crippen molar-refractivity contribution < 1.29 is 19.1 Å². The lowest BCUT2D eigenvalue weighted by Crippen LogP contribution is -2.11. The van der Waals surface area contributed by atoms with Gasteiger partial charge in [-0.2, -0.15) is 0 Å². The third-order valence-corrected chi connectivity index (χ3v) is 5.16. The molecule has 0 N–H and O–H groups in total. The summed E-state index contributed by atoms with van der Waals surface area (Å²) in [5, 5.41) is 0. The maximum absolute atomic E-state index is 12.1. The van der Waals surface area contributed by atoms with Crippen LogP contribution in [0.4, 0.5) is 0 Å². The van der Waals surface area contributed by atoms with Gasteiger partial charge in [0.25, 0.3) is 0 Å². The Kier molecular flexibility index (Phi) is 11.3. The molecule has 0 fully saturated rings. The van der Waals surface area contributed by atoms with Crippen molar-refractivity contribution in [2.45, 2.75) is 83.8 Å². The van der Waals surface area contributed by atoms with Gasteiger partial charge in [0.05, 0.1) is 0 Å². The number of carbonyl (C=O) groups is 2. The van der Waals surface area contributed by atoms with Gasteiger partial charge in [-0.1, -0.05) is 45.2 Å². The number of unbranched alkanes of at least 4 members (excludes halogenated alkanes) is 4. The molecule has 0 aliphatic carbocycles. The fourth-order valence-corrected chi connectivity index (χ4v) is 3.41. The molecular formula is C25H34N2O4. The number of hydrogen-bond donors (Lipinski definition) is 0. The first-order valence-electron chi connectivity index (χ1n) is 11.3. The minimum atomic E-state index is -0.231. The number of aromatic nitrogens is 2. The van der Waals surface area contributed by atoms with Gasteiger partial charge >= 0.3 is 11.9 Å². The van der Waals surface area contributed by atoms with Crippen LogP contribution in [0.1, 0.15) is 95.0 Å². The van der Waals surface area contributed by atoms with E-state index in [1.54, 1.807) is 24.8 Å². The topological polar surface area (TPSA) is 78.4 Å². The van der Waals surface area contributed by atoms with Gasteiger partial charge in [-0.3, -0.25) is 19.6 Å². The fraction of sp³-hybridized carbons (Fsp3) is 0.520. The summed E-state index contributed by atoms with van der Waals surface area (Å²) in [6.45, 7) is 3.99. The Morgan fingerprint density at radius 2 is 1.16 bits per heavy atom. The van der Waals surface area contributed by atoms with Gasteiger partial charge < -0.3 is 9.47 Å². The van der Waals surface area contributed by atoms with Gasteiger partial charge in [-0.25, -0.2) is 0 Å². The van der Waals surface area contributed by atoms with Crippen molar-refractivity contribution in [2.75, 3.05) is 0 Å². The van der Waals surface area contributed by atoms with Crippen LogP contribution < -0.4 is 0 Å². The molecule has 2 unspecified atom stereocenters. The van der Waals surface area contributed by atoms with Crippen LogP contribution in [0.5, 0.6) is 0 Å². The second-order valence-corrected chi connectivity index (χ2v) is 7.61. The van der Waals surface area contributed by atoms with Gasteiger partial charge in [0.1, 0.15) is 12.2 Å². The lowest BCUT2D eigenvalue weighted by atomic mass is 10.1. The van der Waals surface area contributed by atoms with Gasteiger partial charge in [0, 0.05) is 48.8 Å². The predicted molar refractivity (Wildman–Crippen MR) is 119 cm³/mol. The summed E-state index contributed by atoms with van der Waals surface area (Å²) in [6.07, 6.45) is 13.2. The van der Waals surface area contributed by atoms with E-state index in [0.29, 0.717) is 12.8 Å². The molecular weight excluding hydrogens is 392 g/mol. The Morgan fingerprint density at radius 3 is 1.52 bits per heavy atom. The van der Waals surface area contributed by atoms with Crippen LogP contribution >= 0.6 is 0 Å². The average molecular weight is 427 g/mol. The smallest absolute Gasteiger partial charge is 0.306 e. The number of esters is 2. The lowest BCUT2D eigenvalue weighted by molar-refractivity contribution is -0.150. The van der Waals surface area contributed by atoms with Crippen LogP contribution in [0.2, 0.25) is 0 Å². The Morgan fingerprint density at radius 1 is 0.742 bits per heavy atom. The molecule has 31 heavy (non-hydrogen) atoms. The maximum atomic E-state index is 12.1. The molecule has 0 saturated heterocycles. The molecule has 2 aromatic heterocycles. The van der Waals surface area contributed by atoms with E-state index >= 15 is 0 Å².